The second-order valence-corrected chi connectivity index (χ2v) is 3.45. The minimum Gasteiger partial charge on any atom is -0.496 e. The molecule has 1 aromatic rings. The van der Waals surface area contributed by atoms with E-state index in [-0.39, 0.29) is 12.4 Å². The summed E-state index contributed by atoms with van der Waals surface area (Å²) >= 11 is 0. The number of aliphatic hydroxyl groups is 1. The van der Waals surface area contributed by atoms with Crippen molar-refractivity contribution in [2.75, 3.05) is 13.7 Å². The highest BCUT2D eigenvalue weighted by Gasteiger charge is 2.11. The molecule has 15 heavy (non-hydrogen) atoms. The van der Waals surface area contributed by atoms with E-state index < -0.39 is 0 Å². The minimum atomic E-state index is 0.0181. The number of benzene rings is 1. The number of ether oxygens (including phenoxy) is 1. The Morgan fingerprint density at radius 3 is 2.80 bits per heavy atom. The molecule has 0 saturated heterocycles. The minimum absolute atomic E-state index is 0.0181. The molecule has 0 unspecified atom stereocenters. The summed E-state index contributed by atoms with van der Waals surface area (Å²) in [6.45, 7) is 1.97. The Labute approximate surface area is 89.7 Å². The van der Waals surface area contributed by atoms with E-state index in [1.54, 1.807) is 13.2 Å². The molecule has 82 valence electrons. The lowest BCUT2D eigenvalue weighted by Gasteiger charge is -2.08. The van der Waals surface area contributed by atoms with Gasteiger partial charge in [-0.25, -0.2) is 0 Å². The molecule has 0 atom stereocenters. The first-order valence-electron chi connectivity index (χ1n) is 4.97. The summed E-state index contributed by atoms with van der Waals surface area (Å²) in [5.41, 5.74) is 1.63. The summed E-state index contributed by atoms with van der Waals surface area (Å²) in [6.07, 6.45) is 0.853. The maximum atomic E-state index is 11.7. The van der Waals surface area contributed by atoms with Crippen LogP contribution >= 0.6 is 0 Å². The zero-order valence-corrected chi connectivity index (χ0v) is 9.12. The number of hydrogen-bond donors (Lipinski definition) is 1. The average molecular weight is 208 g/mol. The van der Waals surface area contributed by atoms with Gasteiger partial charge in [0.05, 0.1) is 12.7 Å². The molecule has 0 spiro atoms. The molecule has 0 amide bonds. The molecule has 0 saturated carbocycles. The Morgan fingerprint density at radius 1 is 1.47 bits per heavy atom. The molecule has 3 heteroatoms. The molecule has 0 fully saturated rings. The summed E-state index contributed by atoms with van der Waals surface area (Å²) < 4.78 is 5.12. The number of carbonyl (C=O) groups excluding carboxylic acids is 1. The van der Waals surface area contributed by atoms with Crippen molar-refractivity contribution in [3.63, 3.8) is 0 Å². The Kier molecular flexibility index (Phi) is 4.31. The molecule has 0 aliphatic rings. The molecule has 0 heterocycles. The van der Waals surface area contributed by atoms with Gasteiger partial charge in [-0.2, -0.15) is 0 Å². The van der Waals surface area contributed by atoms with Crippen molar-refractivity contribution >= 4 is 5.78 Å². The normalized spacial score (nSPS) is 10.1. The zero-order valence-electron chi connectivity index (χ0n) is 9.12. The number of aliphatic hydroxyl groups excluding tert-OH is 1. The number of Topliss-reactive ketones (excluding diaryl/α,β-unsaturated/α-hetero) is 1. The first-order chi connectivity index (χ1) is 7.19. The van der Waals surface area contributed by atoms with Gasteiger partial charge in [-0.15, -0.1) is 0 Å². The molecule has 1 rings (SSSR count). The topological polar surface area (TPSA) is 46.5 Å². The van der Waals surface area contributed by atoms with Gasteiger partial charge in [0.25, 0.3) is 0 Å². The molecule has 0 aliphatic carbocycles. The molecule has 0 aliphatic heterocycles. The quantitative estimate of drug-likeness (QED) is 0.752. The van der Waals surface area contributed by atoms with Crippen molar-refractivity contribution in [2.24, 2.45) is 0 Å². The predicted molar refractivity (Wildman–Crippen MR) is 58.4 cm³/mol. The highest BCUT2D eigenvalue weighted by molar-refractivity contribution is 5.98. The first kappa shape index (κ1) is 11.7. The van der Waals surface area contributed by atoms with Crippen LogP contribution in [0, 0.1) is 6.92 Å². The summed E-state index contributed by atoms with van der Waals surface area (Å²) in [7, 11) is 1.55. The van der Waals surface area contributed by atoms with Gasteiger partial charge in [-0.05, 0) is 25.5 Å². The van der Waals surface area contributed by atoms with Crippen LogP contribution in [0.5, 0.6) is 5.75 Å². The van der Waals surface area contributed by atoms with Crippen molar-refractivity contribution in [2.45, 2.75) is 19.8 Å². The number of methoxy groups -OCH3 is 1. The Bertz CT molecular complexity index is 345. The first-order valence-corrected chi connectivity index (χ1v) is 4.97. The van der Waals surface area contributed by atoms with Crippen molar-refractivity contribution in [3.05, 3.63) is 29.3 Å². The zero-order chi connectivity index (χ0) is 11.3. The van der Waals surface area contributed by atoms with Crippen molar-refractivity contribution in [1.29, 1.82) is 0 Å². The Morgan fingerprint density at radius 2 is 2.20 bits per heavy atom. The van der Waals surface area contributed by atoms with Crippen LogP contribution in [-0.2, 0) is 0 Å². The maximum absolute atomic E-state index is 11.7. The van der Waals surface area contributed by atoms with E-state index >= 15 is 0 Å². The molecule has 0 bridgehead atoms. The Balaban J connectivity index is 2.90. The number of hydrogen-bond acceptors (Lipinski definition) is 3. The standard InChI is InChI=1S/C12H16O3/c1-9-5-6-12(15-2)10(8-9)11(14)4-3-7-13/h5-6,8,13H,3-4,7H2,1-2H3. The van der Waals surface area contributed by atoms with Crippen LogP contribution in [0.15, 0.2) is 18.2 Å². The van der Waals surface area contributed by atoms with Gasteiger partial charge in [0.15, 0.2) is 5.78 Å². The van der Waals surface area contributed by atoms with Crippen LogP contribution < -0.4 is 4.74 Å². The Hall–Kier alpha value is -1.35. The van der Waals surface area contributed by atoms with E-state index in [9.17, 15) is 4.79 Å². The van der Waals surface area contributed by atoms with Crippen LogP contribution in [0.3, 0.4) is 0 Å². The summed E-state index contributed by atoms with van der Waals surface area (Å²) in [5.74, 6) is 0.619. The van der Waals surface area contributed by atoms with E-state index in [1.165, 1.54) is 0 Å². The van der Waals surface area contributed by atoms with E-state index in [0.29, 0.717) is 24.2 Å². The van der Waals surface area contributed by atoms with E-state index in [2.05, 4.69) is 0 Å². The van der Waals surface area contributed by atoms with Gasteiger partial charge in [-0.3, -0.25) is 4.79 Å². The maximum Gasteiger partial charge on any atom is 0.166 e. The molecule has 3 nitrogen and oxygen atoms in total. The van der Waals surface area contributed by atoms with Crippen molar-refractivity contribution in [3.8, 4) is 5.75 Å². The van der Waals surface area contributed by atoms with E-state index in [4.69, 9.17) is 9.84 Å². The fraction of sp³-hybridized carbons (Fsp3) is 0.417. The highest BCUT2D eigenvalue weighted by Crippen LogP contribution is 2.21. The monoisotopic (exact) mass is 208 g/mol. The molecule has 0 radical (unpaired) electrons. The van der Waals surface area contributed by atoms with Gasteiger partial charge in [0, 0.05) is 13.0 Å². The van der Waals surface area contributed by atoms with Crippen LogP contribution in [0.25, 0.3) is 0 Å². The van der Waals surface area contributed by atoms with Gasteiger partial charge >= 0.3 is 0 Å². The number of rotatable bonds is 5. The largest absolute Gasteiger partial charge is 0.496 e. The number of ketones is 1. The van der Waals surface area contributed by atoms with Crippen LogP contribution in [0.1, 0.15) is 28.8 Å². The van der Waals surface area contributed by atoms with Crippen LogP contribution in [0.4, 0.5) is 0 Å². The smallest absolute Gasteiger partial charge is 0.166 e. The second kappa shape index (κ2) is 5.51. The van der Waals surface area contributed by atoms with Crippen molar-refractivity contribution < 1.29 is 14.6 Å². The summed E-state index contributed by atoms with van der Waals surface area (Å²) in [5, 5.41) is 8.66. The van der Waals surface area contributed by atoms with Gasteiger partial charge < -0.3 is 9.84 Å². The number of aryl methyl sites for hydroxylation is 1. The molecule has 0 aromatic heterocycles. The fourth-order valence-electron chi connectivity index (χ4n) is 1.41. The van der Waals surface area contributed by atoms with Crippen molar-refractivity contribution in [1.82, 2.24) is 0 Å². The predicted octanol–water partition coefficient (Wildman–Crippen LogP) is 1.96. The third-order valence-electron chi connectivity index (χ3n) is 2.22. The third kappa shape index (κ3) is 3.06. The molecular weight excluding hydrogens is 192 g/mol. The summed E-state index contributed by atoms with van der Waals surface area (Å²) in [6, 6.07) is 5.52. The molecular formula is C12H16O3. The second-order valence-electron chi connectivity index (χ2n) is 3.45. The lowest BCUT2D eigenvalue weighted by molar-refractivity contribution is 0.0968. The van der Waals surface area contributed by atoms with Gasteiger partial charge in [0.2, 0.25) is 0 Å². The fourth-order valence-corrected chi connectivity index (χ4v) is 1.41. The molecule has 1 N–H and O–H groups in total. The highest BCUT2D eigenvalue weighted by atomic mass is 16.5. The van der Waals surface area contributed by atoms with Gasteiger partial charge in [0.1, 0.15) is 5.75 Å². The van der Waals surface area contributed by atoms with E-state index in [1.807, 2.05) is 19.1 Å². The summed E-state index contributed by atoms with van der Waals surface area (Å²) in [4.78, 5) is 11.7. The number of carbonyl (C=O) groups is 1. The lowest BCUT2D eigenvalue weighted by Crippen LogP contribution is -2.03. The third-order valence-corrected chi connectivity index (χ3v) is 2.22. The van der Waals surface area contributed by atoms with E-state index in [0.717, 1.165) is 5.56 Å². The van der Waals surface area contributed by atoms with Crippen LogP contribution in [-0.4, -0.2) is 24.6 Å². The van der Waals surface area contributed by atoms with Crippen LogP contribution in [0.2, 0.25) is 0 Å². The van der Waals surface area contributed by atoms with Gasteiger partial charge in [-0.1, -0.05) is 11.6 Å². The average Bonchev–Trinajstić information content (AvgIpc) is 2.25. The molecule has 1 aromatic carbocycles. The SMILES string of the molecule is COc1ccc(C)cc1C(=O)CCCO. The lowest BCUT2D eigenvalue weighted by atomic mass is 10.0.